The van der Waals surface area contributed by atoms with Gasteiger partial charge in [-0.25, -0.2) is 8.42 Å². The van der Waals surface area contributed by atoms with E-state index in [0.29, 0.717) is 37.7 Å². The fourth-order valence-corrected chi connectivity index (χ4v) is 5.02. The molecule has 0 radical (unpaired) electrons. The molecular formula is C20H25ClN3O3S+. The highest BCUT2D eigenvalue weighted by molar-refractivity contribution is 7.89. The molecule has 8 heteroatoms. The van der Waals surface area contributed by atoms with Crippen molar-refractivity contribution < 1.29 is 18.1 Å². The number of hydrogen-bond donors (Lipinski definition) is 2. The lowest BCUT2D eigenvalue weighted by Crippen LogP contribution is -3.15. The Kier molecular flexibility index (Phi) is 6.40. The van der Waals surface area contributed by atoms with Gasteiger partial charge in [0.15, 0.2) is 6.54 Å². The number of anilines is 1. The van der Waals surface area contributed by atoms with E-state index in [-0.39, 0.29) is 10.8 Å². The van der Waals surface area contributed by atoms with Crippen LogP contribution < -0.4 is 10.2 Å². The molecule has 0 aromatic heterocycles. The Bertz CT molecular complexity index is 933. The van der Waals surface area contributed by atoms with E-state index >= 15 is 0 Å². The number of rotatable bonds is 5. The number of amides is 1. The van der Waals surface area contributed by atoms with Crippen molar-refractivity contribution in [3.63, 3.8) is 0 Å². The summed E-state index contributed by atoms with van der Waals surface area (Å²) in [5.74, 6) is -0.0611. The predicted octanol–water partition coefficient (Wildman–Crippen LogP) is 1.48. The predicted molar refractivity (Wildman–Crippen MR) is 110 cm³/mol. The zero-order valence-corrected chi connectivity index (χ0v) is 17.6. The van der Waals surface area contributed by atoms with Gasteiger partial charge >= 0.3 is 0 Å². The zero-order chi connectivity index (χ0) is 20.3. The van der Waals surface area contributed by atoms with Crippen LogP contribution in [0.15, 0.2) is 47.4 Å². The molecule has 2 aromatic rings. The zero-order valence-electron chi connectivity index (χ0n) is 16.0. The maximum Gasteiger partial charge on any atom is 0.279 e. The summed E-state index contributed by atoms with van der Waals surface area (Å²) in [5, 5.41) is 3.44. The van der Waals surface area contributed by atoms with Crippen LogP contribution in [0.5, 0.6) is 0 Å². The van der Waals surface area contributed by atoms with Gasteiger partial charge < -0.3 is 10.2 Å². The highest BCUT2D eigenvalue weighted by Crippen LogP contribution is 2.18. The minimum Gasteiger partial charge on any atom is -0.325 e. The number of nitrogens with one attached hydrogen (secondary N) is 2. The first-order valence-corrected chi connectivity index (χ1v) is 11.0. The number of piperazine rings is 1. The molecule has 1 amide bonds. The minimum absolute atomic E-state index is 0.0611. The van der Waals surface area contributed by atoms with Crippen LogP contribution in [0.2, 0.25) is 5.02 Å². The van der Waals surface area contributed by atoms with Crippen molar-refractivity contribution in [2.45, 2.75) is 18.7 Å². The monoisotopic (exact) mass is 422 g/mol. The lowest BCUT2D eigenvalue weighted by atomic mass is 10.1. The van der Waals surface area contributed by atoms with Gasteiger partial charge in [-0.1, -0.05) is 17.7 Å². The third kappa shape index (κ3) is 5.11. The quantitative estimate of drug-likeness (QED) is 0.766. The van der Waals surface area contributed by atoms with E-state index in [1.54, 1.807) is 12.1 Å². The van der Waals surface area contributed by atoms with Crippen molar-refractivity contribution in [1.29, 1.82) is 0 Å². The second kappa shape index (κ2) is 8.61. The molecular weight excluding hydrogens is 398 g/mol. The number of carbonyl (C=O) groups is 1. The fraction of sp³-hybridized carbons (Fsp3) is 0.350. The van der Waals surface area contributed by atoms with E-state index in [1.165, 1.54) is 16.4 Å². The van der Waals surface area contributed by atoms with Crippen LogP contribution in [0.4, 0.5) is 5.69 Å². The summed E-state index contributed by atoms with van der Waals surface area (Å²) in [6.07, 6.45) is 0. The molecule has 0 bridgehead atoms. The Morgan fingerprint density at radius 3 is 2.21 bits per heavy atom. The number of benzene rings is 2. The Labute approximate surface area is 171 Å². The van der Waals surface area contributed by atoms with Gasteiger partial charge in [0.05, 0.1) is 31.1 Å². The second-order valence-electron chi connectivity index (χ2n) is 7.21. The molecule has 2 aromatic carbocycles. The summed E-state index contributed by atoms with van der Waals surface area (Å²) in [4.78, 5) is 13.7. The number of halogens is 1. The van der Waals surface area contributed by atoms with Crippen molar-refractivity contribution in [3.8, 4) is 0 Å². The van der Waals surface area contributed by atoms with Gasteiger partial charge in [0.1, 0.15) is 0 Å². The fourth-order valence-electron chi connectivity index (χ4n) is 3.45. The summed E-state index contributed by atoms with van der Waals surface area (Å²) >= 11 is 5.84. The molecule has 1 aliphatic heterocycles. The minimum atomic E-state index is -3.53. The lowest BCUT2D eigenvalue weighted by molar-refractivity contribution is -0.895. The normalized spacial score (nSPS) is 16.1. The molecule has 0 saturated carbocycles. The first-order valence-electron chi connectivity index (χ1n) is 9.21. The molecule has 1 aliphatic rings. The average Bonchev–Trinajstić information content (AvgIpc) is 2.61. The van der Waals surface area contributed by atoms with Crippen molar-refractivity contribution >= 4 is 33.2 Å². The molecule has 1 heterocycles. The topological polar surface area (TPSA) is 70.9 Å². The summed E-state index contributed by atoms with van der Waals surface area (Å²) in [6.45, 7) is 6.26. The SMILES string of the molecule is Cc1cc(C)cc(NC(=O)C[NH+]2CCN(S(=O)(=O)c3ccc(Cl)cc3)CC2)c1. The first-order chi connectivity index (χ1) is 13.2. The van der Waals surface area contributed by atoms with Gasteiger partial charge in [-0.3, -0.25) is 4.79 Å². The third-order valence-corrected chi connectivity index (χ3v) is 6.96. The van der Waals surface area contributed by atoms with Crippen LogP contribution in [-0.4, -0.2) is 51.4 Å². The van der Waals surface area contributed by atoms with E-state index in [2.05, 4.69) is 11.4 Å². The third-order valence-electron chi connectivity index (χ3n) is 4.80. The van der Waals surface area contributed by atoms with E-state index in [1.807, 2.05) is 26.0 Å². The summed E-state index contributed by atoms with van der Waals surface area (Å²) in [6, 6.07) is 12.1. The van der Waals surface area contributed by atoms with Crippen molar-refractivity contribution in [1.82, 2.24) is 4.31 Å². The van der Waals surface area contributed by atoms with Crippen molar-refractivity contribution in [2.75, 3.05) is 38.0 Å². The van der Waals surface area contributed by atoms with E-state index in [9.17, 15) is 13.2 Å². The average molecular weight is 423 g/mol. The second-order valence-corrected chi connectivity index (χ2v) is 9.58. The van der Waals surface area contributed by atoms with E-state index in [0.717, 1.165) is 21.7 Å². The number of aryl methyl sites for hydroxylation is 2. The molecule has 0 atom stereocenters. The molecule has 0 unspecified atom stereocenters. The van der Waals surface area contributed by atoms with E-state index < -0.39 is 10.0 Å². The van der Waals surface area contributed by atoms with Crippen LogP contribution in [-0.2, 0) is 14.8 Å². The standard InChI is InChI=1S/C20H24ClN3O3S/c1-15-11-16(2)13-18(12-15)22-20(25)14-23-7-9-24(10-8-23)28(26,27)19-5-3-17(21)4-6-19/h3-6,11-13H,7-10,14H2,1-2H3,(H,22,25)/p+1. The first kappa shape index (κ1) is 20.8. The number of quaternary nitrogens is 1. The molecule has 6 nitrogen and oxygen atoms in total. The molecule has 150 valence electrons. The molecule has 3 rings (SSSR count). The number of hydrogen-bond acceptors (Lipinski definition) is 3. The molecule has 0 spiro atoms. The van der Waals surface area contributed by atoms with Crippen molar-refractivity contribution in [3.05, 3.63) is 58.6 Å². The highest BCUT2D eigenvalue weighted by Gasteiger charge is 2.31. The lowest BCUT2D eigenvalue weighted by Gasteiger charge is -2.31. The maximum atomic E-state index is 12.7. The van der Waals surface area contributed by atoms with Crippen LogP contribution in [0.25, 0.3) is 0 Å². The smallest absolute Gasteiger partial charge is 0.279 e. The van der Waals surface area contributed by atoms with Gasteiger partial charge in [0.25, 0.3) is 5.91 Å². The van der Waals surface area contributed by atoms with E-state index in [4.69, 9.17) is 11.6 Å². The highest BCUT2D eigenvalue weighted by atomic mass is 35.5. The largest absolute Gasteiger partial charge is 0.325 e. The van der Waals surface area contributed by atoms with Crippen LogP contribution >= 0.6 is 11.6 Å². The van der Waals surface area contributed by atoms with Gasteiger partial charge in [-0.05, 0) is 61.4 Å². The molecule has 1 saturated heterocycles. The number of carbonyl (C=O) groups excluding carboxylic acids is 1. The van der Waals surface area contributed by atoms with Gasteiger partial charge in [-0.15, -0.1) is 0 Å². The number of nitrogens with zero attached hydrogens (tertiary/aromatic N) is 1. The number of sulfonamides is 1. The molecule has 2 N–H and O–H groups in total. The van der Waals surface area contributed by atoms with Crippen molar-refractivity contribution in [2.24, 2.45) is 0 Å². The van der Waals surface area contributed by atoms with Gasteiger partial charge in [-0.2, -0.15) is 4.31 Å². The Hall–Kier alpha value is -1.93. The van der Waals surface area contributed by atoms with Crippen LogP contribution in [0, 0.1) is 13.8 Å². The Balaban J connectivity index is 1.55. The maximum absolute atomic E-state index is 12.7. The molecule has 0 aliphatic carbocycles. The van der Waals surface area contributed by atoms with Gasteiger partial charge in [0.2, 0.25) is 10.0 Å². The van der Waals surface area contributed by atoms with Crippen LogP contribution in [0.3, 0.4) is 0 Å². The van der Waals surface area contributed by atoms with Gasteiger partial charge in [0, 0.05) is 10.7 Å². The Morgan fingerprint density at radius 2 is 1.64 bits per heavy atom. The Morgan fingerprint density at radius 1 is 1.07 bits per heavy atom. The summed E-state index contributed by atoms with van der Waals surface area (Å²) in [5.41, 5.74) is 3.00. The van der Waals surface area contributed by atoms with Crippen LogP contribution in [0.1, 0.15) is 11.1 Å². The molecule has 28 heavy (non-hydrogen) atoms. The molecule has 1 fully saturated rings. The summed E-state index contributed by atoms with van der Waals surface area (Å²) < 4.78 is 26.9. The summed E-state index contributed by atoms with van der Waals surface area (Å²) in [7, 11) is -3.53.